The van der Waals surface area contributed by atoms with Crippen LogP contribution in [-0.2, 0) is 14.6 Å². The molecule has 0 unspecified atom stereocenters. The van der Waals surface area contributed by atoms with E-state index in [-0.39, 0.29) is 24.4 Å². The number of piperidine rings is 1. The van der Waals surface area contributed by atoms with E-state index in [4.69, 9.17) is 0 Å². The molecule has 0 radical (unpaired) electrons. The predicted molar refractivity (Wildman–Crippen MR) is 91.2 cm³/mol. The Bertz CT molecular complexity index is 453. The van der Waals surface area contributed by atoms with Crippen molar-refractivity contribution in [2.24, 2.45) is 0 Å². The lowest BCUT2D eigenvalue weighted by Gasteiger charge is -2.36. The summed E-state index contributed by atoms with van der Waals surface area (Å²) in [5.74, 6) is -0.267. The van der Waals surface area contributed by atoms with Crippen molar-refractivity contribution >= 4 is 28.2 Å². The number of hydrogen-bond donors (Lipinski definition) is 2. The molecule has 130 valence electrons. The van der Waals surface area contributed by atoms with E-state index in [2.05, 4.69) is 10.6 Å². The number of rotatable bonds is 3. The summed E-state index contributed by atoms with van der Waals surface area (Å²) in [6.45, 7) is 1.18. The van der Waals surface area contributed by atoms with Gasteiger partial charge in [0.05, 0.1) is 0 Å². The lowest BCUT2D eigenvalue weighted by molar-refractivity contribution is -0.125. The van der Waals surface area contributed by atoms with E-state index >= 15 is 0 Å². The fourth-order valence-corrected chi connectivity index (χ4v) is 4.86. The molecule has 0 spiro atoms. The Kier molecular flexibility index (Phi) is 7.62. The Morgan fingerprint density at radius 2 is 1.55 bits per heavy atom. The lowest BCUT2D eigenvalue weighted by atomic mass is 9.93. The Morgan fingerprint density at radius 1 is 1.05 bits per heavy atom. The number of sulfone groups is 1. The molecule has 1 saturated carbocycles. The summed E-state index contributed by atoms with van der Waals surface area (Å²) in [6.07, 6.45) is 9.87. The molecular weight excluding hydrogens is 324 g/mol. The van der Waals surface area contributed by atoms with Crippen LogP contribution in [0.2, 0.25) is 0 Å². The van der Waals surface area contributed by atoms with Crippen LogP contribution in [0.5, 0.6) is 0 Å². The second-order valence-electron chi connectivity index (χ2n) is 6.53. The highest BCUT2D eigenvalue weighted by Crippen LogP contribution is 2.29. The van der Waals surface area contributed by atoms with Gasteiger partial charge < -0.3 is 10.6 Å². The van der Waals surface area contributed by atoms with Gasteiger partial charge in [-0.15, -0.1) is 12.4 Å². The maximum atomic E-state index is 12.7. The monoisotopic (exact) mass is 352 g/mol. The molecule has 5 nitrogen and oxygen atoms in total. The molecule has 1 aliphatic carbocycles. The quantitative estimate of drug-likeness (QED) is 0.812. The molecule has 0 aromatic heterocycles. The first-order chi connectivity index (χ1) is 9.96. The molecule has 2 rings (SSSR count). The first kappa shape index (κ1) is 19.7. The van der Waals surface area contributed by atoms with Gasteiger partial charge in [0.2, 0.25) is 5.91 Å². The predicted octanol–water partition coefficient (Wildman–Crippen LogP) is 1.80. The first-order valence-corrected chi connectivity index (χ1v) is 10.1. The van der Waals surface area contributed by atoms with Crippen LogP contribution in [0.3, 0.4) is 0 Å². The van der Waals surface area contributed by atoms with Gasteiger partial charge in [-0.25, -0.2) is 8.42 Å². The maximum Gasteiger partial charge on any atom is 0.241 e. The molecule has 7 heteroatoms. The average molecular weight is 353 g/mol. The number of carbonyl (C=O) groups excluding carboxylic acids is 1. The zero-order chi connectivity index (χ0) is 15.3. The number of amides is 1. The van der Waals surface area contributed by atoms with E-state index in [0.29, 0.717) is 25.9 Å². The Labute approximate surface area is 140 Å². The van der Waals surface area contributed by atoms with Crippen LogP contribution in [0, 0.1) is 0 Å². The van der Waals surface area contributed by atoms with Crippen LogP contribution in [0.25, 0.3) is 0 Å². The van der Waals surface area contributed by atoms with Crippen molar-refractivity contribution in [3.05, 3.63) is 0 Å². The lowest BCUT2D eigenvalue weighted by Crippen LogP contribution is -2.58. The van der Waals surface area contributed by atoms with Crippen LogP contribution in [-0.4, -0.2) is 44.5 Å². The van der Waals surface area contributed by atoms with Crippen LogP contribution >= 0.6 is 12.4 Å². The Balaban J connectivity index is 0.00000242. The van der Waals surface area contributed by atoms with Crippen molar-refractivity contribution < 1.29 is 13.2 Å². The second-order valence-corrected chi connectivity index (χ2v) is 8.86. The van der Waals surface area contributed by atoms with E-state index in [1.165, 1.54) is 25.5 Å². The highest BCUT2D eigenvalue weighted by atomic mass is 35.5. The molecule has 1 aliphatic heterocycles. The Hall–Kier alpha value is -0.330. The van der Waals surface area contributed by atoms with Crippen molar-refractivity contribution in [1.82, 2.24) is 10.6 Å². The third-order valence-corrected chi connectivity index (χ3v) is 6.99. The Morgan fingerprint density at radius 3 is 2.05 bits per heavy atom. The summed E-state index contributed by atoms with van der Waals surface area (Å²) < 4.78 is 23.2. The average Bonchev–Trinajstić information content (AvgIpc) is 2.41. The minimum Gasteiger partial charge on any atom is -0.352 e. The molecular formula is C15H29ClN2O3S. The molecule has 1 heterocycles. The van der Waals surface area contributed by atoms with Gasteiger partial charge in [0.25, 0.3) is 0 Å². The summed E-state index contributed by atoms with van der Waals surface area (Å²) >= 11 is 0. The molecule has 0 aromatic rings. The fraction of sp³-hybridized carbons (Fsp3) is 0.933. The highest BCUT2D eigenvalue weighted by Gasteiger charge is 2.48. The van der Waals surface area contributed by atoms with Gasteiger partial charge in [-0.3, -0.25) is 4.79 Å². The van der Waals surface area contributed by atoms with Crippen molar-refractivity contribution in [2.75, 3.05) is 19.3 Å². The summed E-state index contributed by atoms with van der Waals surface area (Å²) in [5.41, 5.74) is 0. The molecule has 0 aromatic carbocycles. The van der Waals surface area contributed by atoms with Crippen molar-refractivity contribution in [3.8, 4) is 0 Å². The summed E-state index contributed by atoms with van der Waals surface area (Å²) in [6, 6.07) is 0.145. The molecule has 0 bridgehead atoms. The molecule has 2 aliphatic rings. The van der Waals surface area contributed by atoms with Crippen molar-refractivity contribution in [3.63, 3.8) is 0 Å². The number of halogens is 1. The van der Waals surface area contributed by atoms with Crippen LogP contribution < -0.4 is 10.6 Å². The van der Waals surface area contributed by atoms with E-state index < -0.39 is 14.6 Å². The number of carbonyl (C=O) groups is 1. The normalized spacial score (nSPS) is 23.7. The van der Waals surface area contributed by atoms with Crippen LogP contribution in [0.15, 0.2) is 0 Å². The molecule has 1 amide bonds. The highest BCUT2D eigenvalue weighted by molar-refractivity contribution is 7.92. The van der Waals surface area contributed by atoms with E-state index in [0.717, 1.165) is 25.7 Å². The van der Waals surface area contributed by atoms with Gasteiger partial charge in [0, 0.05) is 12.3 Å². The molecule has 0 atom stereocenters. The van der Waals surface area contributed by atoms with E-state index in [9.17, 15) is 13.2 Å². The SMILES string of the molecule is CS(=O)(=O)C1(C(=O)NC2CCCCCCC2)CCNCC1.Cl. The van der Waals surface area contributed by atoms with Crippen molar-refractivity contribution in [2.45, 2.75) is 68.6 Å². The largest absolute Gasteiger partial charge is 0.352 e. The molecule has 2 fully saturated rings. The molecule has 22 heavy (non-hydrogen) atoms. The van der Waals surface area contributed by atoms with E-state index in [1.54, 1.807) is 0 Å². The van der Waals surface area contributed by atoms with Gasteiger partial charge in [0.15, 0.2) is 14.6 Å². The third-order valence-electron chi connectivity index (χ3n) is 4.98. The summed E-state index contributed by atoms with van der Waals surface area (Å²) in [4.78, 5) is 12.7. The van der Waals surface area contributed by atoms with Crippen LogP contribution in [0.4, 0.5) is 0 Å². The zero-order valence-electron chi connectivity index (χ0n) is 13.4. The van der Waals surface area contributed by atoms with Gasteiger partial charge >= 0.3 is 0 Å². The zero-order valence-corrected chi connectivity index (χ0v) is 15.0. The van der Waals surface area contributed by atoms with Crippen LogP contribution in [0.1, 0.15) is 57.8 Å². The number of hydrogen-bond acceptors (Lipinski definition) is 4. The molecule has 1 saturated heterocycles. The standard InChI is InChI=1S/C15H28N2O3S.ClH/c1-21(19,20)15(9-11-16-12-10-15)14(18)17-13-7-5-3-2-4-6-8-13;/h13,16H,2-12H2,1H3,(H,17,18);1H. The van der Waals surface area contributed by atoms with Crippen molar-refractivity contribution in [1.29, 1.82) is 0 Å². The van der Waals surface area contributed by atoms with Gasteiger partial charge in [-0.05, 0) is 38.8 Å². The maximum absolute atomic E-state index is 12.7. The second kappa shape index (κ2) is 8.50. The van der Waals surface area contributed by atoms with Gasteiger partial charge in [-0.2, -0.15) is 0 Å². The summed E-state index contributed by atoms with van der Waals surface area (Å²) in [7, 11) is -3.41. The van der Waals surface area contributed by atoms with Gasteiger partial charge in [0.1, 0.15) is 0 Å². The van der Waals surface area contributed by atoms with E-state index in [1.807, 2.05) is 0 Å². The fourth-order valence-electron chi connectivity index (χ4n) is 3.51. The smallest absolute Gasteiger partial charge is 0.241 e. The van der Waals surface area contributed by atoms with Gasteiger partial charge in [-0.1, -0.05) is 32.1 Å². The topological polar surface area (TPSA) is 75.3 Å². The minimum absolute atomic E-state index is 0. The minimum atomic E-state index is -3.41. The molecule has 2 N–H and O–H groups in total. The summed E-state index contributed by atoms with van der Waals surface area (Å²) in [5, 5.41) is 6.20. The number of nitrogens with one attached hydrogen (secondary N) is 2. The third kappa shape index (κ3) is 4.59. The first-order valence-electron chi connectivity index (χ1n) is 8.17.